The number of benzene rings is 1. The van der Waals surface area contributed by atoms with E-state index in [2.05, 4.69) is 10.3 Å². The molecule has 0 unspecified atom stereocenters. The maximum absolute atomic E-state index is 11.0. The van der Waals surface area contributed by atoms with E-state index in [4.69, 9.17) is 14.6 Å². The molecule has 0 amide bonds. The summed E-state index contributed by atoms with van der Waals surface area (Å²) >= 11 is 0. The number of ether oxygens (including phenoxy) is 2. The Balaban J connectivity index is 1.75. The van der Waals surface area contributed by atoms with Gasteiger partial charge in [-0.15, -0.1) is 0 Å². The molecule has 1 aliphatic carbocycles. The number of aliphatic carboxylic acids is 1. The van der Waals surface area contributed by atoms with Gasteiger partial charge in [-0.05, 0) is 45.4 Å². The van der Waals surface area contributed by atoms with Gasteiger partial charge in [-0.1, -0.05) is 6.92 Å². The second kappa shape index (κ2) is 9.10. The van der Waals surface area contributed by atoms with Crippen LogP contribution in [0.1, 0.15) is 33.6 Å². The van der Waals surface area contributed by atoms with E-state index < -0.39 is 5.97 Å². The molecule has 1 aromatic heterocycles. The third-order valence-electron chi connectivity index (χ3n) is 5.14. The van der Waals surface area contributed by atoms with Gasteiger partial charge < -0.3 is 19.9 Å². The van der Waals surface area contributed by atoms with Gasteiger partial charge in [0.2, 0.25) is 0 Å². The molecule has 1 aromatic carbocycles. The standard InChI is InChI=1S/C21H29N3O4/c1-4-24(13-21(25)26)15-9-14(10-15)23-17-7-8-22-18-12-20(28-6-3)19(27-5-2)11-16(17)18/h7-8,11-12,14-15H,4-6,9-10,13H2,1-3H3,(H,22,23)(H,25,26). The second-order valence-corrected chi connectivity index (χ2v) is 6.96. The Morgan fingerprint density at radius 2 is 1.89 bits per heavy atom. The van der Waals surface area contributed by atoms with E-state index in [0.717, 1.165) is 41.7 Å². The van der Waals surface area contributed by atoms with Crippen LogP contribution in [0.2, 0.25) is 0 Å². The van der Waals surface area contributed by atoms with E-state index in [-0.39, 0.29) is 6.54 Å². The zero-order valence-electron chi connectivity index (χ0n) is 16.8. The van der Waals surface area contributed by atoms with Crippen molar-refractivity contribution in [2.75, 3.05) is 31.6 Å². The third kappa shape index (κ3) is 4.47. The van der Waals surface area contributed by atoms with Crippen LogP contribution >= 0.6 is 0 Å². The van der Waals surface area contributed by atoms with Gasteiger partial charge >= 0.3 is 5.97 Å². The van der Waals surface area contributed by atoms with Gasteiger partial charge in [-0.2, -0.15) is 0 Å². The van der Waals surface area contributed by atoms with Crippen LogP contribution in [-0.2, 0) is 4.79 Å². The Morgan fingerprint density at radius 1 is 1.21 bits per heavy atom. The number of anilines is 1. The van der Waals surface area contributed by atoms with E-state index in [1.54, 1.807) is 6.20 Å². The number of aromatic nitrogens is 1. The van der Waals surface area contributed by atoms with Crippen LogP contribution in [-0.4, -0.2) is 59.3 Å². The van der Waals surface area contributed by atoms with Crippen molar-refractivity contribution in [3.8, 4) is 11.5 Å². The molecule has 1 saturated carbocycles. The highest BCUT2D eigenvalue weighted by Crippen LogP contribution is 2.36. The van der Waals surface area contributed by atoms with Crippen molar-refractivity contribution in [1.82, 2.24) is 9.88 Å². The summed E-state index contributed by atoms with van der Waals surface area (Å²) < 4.78 is 11.5. The number of hydrogen-bond donors (Lipinski definition) is 2. The van der Waals surface area contributed by atoms with Crippen LogP contribution < -0.4 is 14.8 Å². The summed E-state index contributed by atoms with van der Waals surface area (Å²) in [5.74, 6) is 0.655. The van der Waals surface area contributed by atoms with Gasteiger partial charge in [0.25, 0.3) is 0 Å². The molecule has 0 radical (unpaired) electrons. The van der Waals surface area contributed by atoms with Crippen LogP contribution in [0, 0.1) is 0 Å². The summed E-state index contributed by atoms with van der Waals surface area (Å²) in [4.78, 5) is 17.5. The van der Waals surface area contributed by atoms with Crippen LogP contribution in [0.4, 0.5) is 5.69 Å². The van der Waals surface area contributed by atoms with Crippen molar-refractivity contribution in [1.29, 1.82) is 0 Å². The van der Waals surface area contributed by atoms with E-state index in [1.807, 2.05) is 43.9 Å². The summed E-state index contributed by atoms with van der Waals surface area (Å²) in [6.45, 7) is 7.89. The van der Waals surface area contributed by atoms with E-state index in [9.17, 15) is 4.79 Å². The fourth-order valence-corrected chi connectivity index (χ4v) is 3.71. The highest BCUT2D eigenvalue weighted by atomic mass is 16.5. The molecule has 0 atom stereocenters. The zero-order valence-corrected chi connectivity index (χ0v) is 16.8. The molecule has 0 bridgehead atoms. The Bertz CT molecular complexity index is 821. The summed E-state index contributed by atoms with van der Waals surface area (Å²) in [5.41, 5.74) is 1.87. The molecule has 152 valence electrons. The second-order valence-electron chi connectivity index (χ2n) is 6.96. The first-order chi connectivity index (χ1) is 13.5. The lowest BCUT2D eigenvalue weighted by Gasteiger charge is -2.42. The largest absolute Gasteiger partial charge is 0.490 e. The molecule has 7 heteroatoms. The highest BCUT2D eigenvalue weighted by molar-refractivity contribution is 5.93. The van der Waals surface area contributed by atoms with Gasteiger partial charge in [0.15, 0.2) is 11.5 Å². The molecule has 3 rings (SSSR count). The van der Waals surface area contributed by atoms with Crippen molar-refractivity contribution in [2.45, 2.75) is 45.7 Å². The van der Waals surface area contributed by atoms with Gasteiger partial charge in [-0.3, -0.25) is 14.7 Å². The quantitative estimate of drug-likeness (QED) is 0.646. The summed E-state index contributed by atoms with van der Waals surface area (Å²) in [6, 6.07) is 6.51. The molecular formula is C21H29N3O4. The minimum absolute atomic E-state index is 0.101. The van der Waals surface area contributed by atoms with Crippen LogP contribution in [0.15, 0.2) is 24.4 Å². The third-order valence-corrected chi connectivity index (χ3v) is 5.14. The van der Waals surface area contributed by atoms with E-state index in [0.29, 0.717) is 31.0 Å². The first-order valence-corrected chi connectivity index (χ1v) is 9.96. The van der Waals surface area contributed by atoms with Crippen molar-refractivity contribution in [2.24, 2.45) is 0 Å². The van der Waals surface area contributed by atoms with Gasteiger partial charge in [0, 0.05) is 35.4 Å². The highest BCUT2D eigenvalue weighted by Gasteiger charge is 2.34. The number of carboxylic acid groups (broad SMARTS) is 1. The number of pyridine rings is 1. The first-order valence-electron chi connectivity index (χ1n) is 9.96. The SMILES string of the molecule is CCOc1cc2nccc(NC3CC(N(CC)CC(=O)O)C3)c2cc1OCC. The van der Waals surface area contributed by atoms with E-state index >= 15 is 0 Å². The smallest absolute Gasteiger partial charge is 0.317 e. The topological polar surface area (TPSA) is 83.9 Å². The molecule has 1 heterocycles. The Hall–Kier alpha value is -2.54. The molecule has 0 spiro atoms. The molecule has 28 heavy (non-hydrogen) atoms. The van der Waals surface area contributed by atoms with E-state index in [1.165, 1.54) is 0 Å². The molecule has 0 saturated heterocycles. The van der Waals surface area contributed by atoms with Gasteiger partial charge in [0.05, 0.1) is 25.3 Å². The fourth-order valence-electron chi connectivity index (χ4n) is 3.71. The number of hydrogen-bond acceptors (Lipinski definition) is 6. The first kappa shape index (κ1) is 20.2. The van der Waals surface area contributed by atoms with Crippen molar-refractivity contribution in [3.05, 3.63) is 24.4 Å². The number of nitrogens with one attached hydrogen (secondary N) is 1. The van der Waals surface area contributed by atoms with Crippen LogP contribution in [0.5, 0.6) is 11.5 Å². The fraction of sp³-hybridized carbons (Fsp3) is 0.524. The molecule has 0 aliphatic heterocycles. The van der Waals surface area contributed by atoms with Crippen LogP contribution in [0.3, 0.4) is 0 Å². The van der Waals surface area contributed by atoms with Crippen molar-refractivity contribution in [3.63, 3.8) is 0 Å². The Kier molecular flexibility index (Phi) is 6.57. The molecule has 2 aromatic rings. The normalized spacial score (nSPS) is 18.7. The predicted octanol–water partition coefficient (Wildman–Crippen LogP) is 3.38. The monoisotopic (exact) mass is 387 g/mol. The number of rotatable bonds is 10. The maximum atomic E-state index is 11.0. The lowest BCUT2D eigenvalue weighted by Crippen LogP contribution is -2.51. The predicted molar refractivity (Wildman–Crippen MR) is 109 cm³/mol. The summed E-state index contributed by atoms with van der Waals surface area (Å²) in [7, 11) is 0. The number of nitrogens with zero attached hydrogens (tertiary/aromatic N) is 2. The van der Waals surface area contributed by atoms with Gasteiger partial charge in [-0.25, -0.2) is 0 Å². The molecule has 7 nitrogen and oxygen atoms in total. The van der Waals surface area contributed by atoms with Gasteiger partial charge in [0.1, 0.15) is 0 Å². The average molecular weight is 387 g/mol. The van der Waals surface area contributed by atoms with Crippen LogP contribution in [0.25, 0.3) is 10.9 Å². The van der Waals surface area contributed by atoms with Crippen molar-refractivity contribution < 1.29 is 19.4 Å². The number of carboxylic acids is 1. The Labute approximate surface area is 165 Å². The minimum atomic E-state index is -0.771. The zero-order chi connectivity index (χ0) is 20.1. The Morgan fingerprint density at radius 3 is 2.50 bits per heavy atom. The summed E-state index contributed by atoms with van der Waals surface area (Å²) in [6.07, 6.45) is 3.65. The number of fused-ring (bicyclic) bond motifs is 1. The molecule has 2 N–H and O–H groups in total. The lowest BCUT2D eigenvalue weighted by molar-refractivity contribution is -0.139. The van der Waals surface area contributed by atoms with Crippen molar-refractivity contribution >= 4 is 22.6 Å². The minimum Gasteiger partial charge on any atom is -0.490 e. The molecule has 1 aliphatic rings. The number of likely N-dealkylation sites (N-methyl/N-ethyl adjacent to an activating group) is 1. The number of carbonyl (C=O) groups is 1. The summed E-state index contributed by atoms with van der Waals surface area (Å²) in [5, 5.41) is 13.6. The lowest BCUT2D eigenvalue weighted by atomic mass is 9.85. The molecule has 1 fully saturated rings. The average Bonchev–Trinajstić information content (AvgIpc) is 2.63. The molecular weight excluding hydrogens is 358 g/mol. The maximum Gasteiger partial charge on any atom is 0.317 e.